The van der Waals surface area contributed by atoms with Gasteiger partial charge >= 0.3 is 0 Å². The molecule has 82 valence electrons. The number of amides is 3. The topological polar surface area (TPSA) is 67.3 Å². The summed E-state index contributed by atoms with van der Waals surface area (Å²) in [6.45, 7) is 0. The fraction of sp³-hybridized carbons (Fsp3) is 0.273. The van der Waals surface area contributed by atoms with Crippen molar-refractivity contribution >= 4 is 17.7 Å². The average molecular weight is 218 g/mol. The highest BCUT2D eigenvalue weighted by molar-refractivity contribution is 6.17. The first kappa shape index (κ1) is 10.5. The van der Waals surface area contributed by atoms with E-state index in [9.17, 15) is 14.4 Å². The Morgan fingerprint density at radius 1 is 1.12 bits per heavy atom. The van der Waals surface area contributed by atoms with Crippen LogP contribution in [0.5, 0.6) is 0 Å². The van der Waals surface area contributed by atoms with Gasteiger partial charge in [0.05, 0.1) is 0 Å². The van der Waals surface area contributed by atoms with Gasteiger partial charge in [-0.15, -0.1) is 0 Å². The van der Waals surface area contributed by atoms with Crippen LogP contribution in [0.4, 0.5) is 0 Å². The molecule has 3 amide bonds. The average Bonchev–Trinajstić information content (AvgIpc) is 2.30. The van der Waals surface area contributed by atoms with Gasteiger partial charge in [-0.05, 0) is 18.6 Å². The van der Waals surface area contributed by atoms with E-state index < -0.39 is 17.7 Å². The van der Waals surface area contributed by atoms with E-state index in [1.807, 2.05) is 0 Å². The summed E-state index contributed by atoms with van der Waals surface area (Å²) in [5, 5.41) is 0. The Labute approximate surface area is 92.1 Å². The van der Waals surface area contributed by atoms with Gasteiger partial charge in [-0.2, -0.15) is 0 Å². The molecule has 0 unspecified atom stereocenters. The highest BCUT2D eigenvalue weighted by Crippen LogP contribution is 2.15. The molecule has 0 N–H and O–H groups in total. The predicted molar refractivity (Wildman–Crippen MR) is 54.3 cm³/mol. The van der Waals surface area contributed by atoms with Crippen molar-refractivity contribution < 1.29 is 14.4 Å². The lowest BCUT2D eigenvalue weighted by Crippen LogP contribution is -2.44. The van der Waals surface area contributed by atoms with Crippen molar-refractivity contribution in [1.82, 2.24) is 9.88 Å². The van der Waals surface area contributed by atoms with Crippen LogP contribution in [0.2, 0.25) is 0 Å². The van der Waals surface area contributed by atoms with Crippen molar-refractivity contribution in [2.45, 2.75) is 19.3 Å². The van der Waals surface area contributed by atoms with Crippen LogP contribution in [-0.4, -0.2) is 27.6 Å². The third kappa shape index (κ3) is 1.84. The van der Waals surface area contributed by atoms with Crippen molar-refractivity contribution in [1.29, 1.82) is 0 Å². The molecule has 1 saturated heterocycles. The molecule has 1 aliphatic heterocycles. The maximum atomic E-state index is 11.9. The van der Waals surface area contributed by atoms with Gasteiger partial charge in [-0.3, -0.25) is 19.4 Å². The van der Waals surface area contributed by atoms with Crippen molar-refractivity contribution in [3.8, 4) is 0 Å². The van der Waals surface area contributed by atoms with E-state index in [-0.39, 0.29) is 12.8 Å². The molecule has 16 heavy (non-hydrogen) atoms. The largest absolute Gasteiger partial charge is 0.274 e. The van der Waals surface area contributed by atoms with Gasteiger partial charge in [0.1, 0.15) is 0 Å². The van der Waals surface area contributed by atoms with E-state index in [1.54, 1.807) is 0 Å². The smallest absolute Gasteiger partial charge is 0.267 e. The number of carbonyl (C=O) groups excluding carboxylic acids is 3. The Bertz CT molecular complexity index is 426. The van der Waals surface area contributed by atoms with E-state index in [4.69, 9.17) is 0 Å². The molecule has 0 aromatic carbocycles. The molecule has 0 spiro atoms. The Morgan fingerprint density at radius 3 is 2.25 bits per heavy atom. The maximum Gasteiger partial charge on any atom is 0.267 e. The first-order valence-electron chi connectivity index (χ1n) is 5.00. The molecular formula is C11H10N2O3. The normalized spacial score (nSPS) is 16.4. The summed E-state index contributed by atoms with van der Waals surface area (Å²) in [7, 11) is 0. The molecule has 0 radical (unpaired) electrons. The quantitative estimate of drug-likeness (QED) is 0.652. The van der Waals surface area contributed by atoms with Crippen LogP contribution < -0.4 is 0 Å². The van der Waals surface area contributed by atoms with E-state index in [2.05, 4.69) is 4.98 Å². The molecule has 1 aromatic rings. The molecule has 0 saturated carbocycles. The summed E-state index contributed by atoms with van der Waals surface area (Å²) in [6, 6.07) is 2.97. The Morgan fingerprint density at radius 2 is 1.69 bits per heavy atom. The number of aromatic nitrogens is 1. The Balaban J connectivity index is 2.27. The van der Waals surface area contributed by atoms with Gasteiger partial charge in [-0.25, -0.2) is 4.90 Å². The number of nitrogens with zero attached hydrogens (tertiary/aromatic N) is 2. The molecule has 1 aromatic heterocycles. The second kappa shape index (κ2) is 4.22. The molecule has 0 atom stereocenters. The van der Waals surface area contributed by atoms with E-state index in [0.717, 1.165) is 4.90 Å². The SMILES string of the molecule is O=C1CCCC(=O)N1C(=O)c1ccncc1. The van der Waals surface area contributed by atoms with E-state index in [0.29, 0.717) is 12.0 Å². The third-order valence-corrected chi connectivity index (χ3v) is 2.41. The number of carbonyl (C=O) groups is 3. The number of likely N-dealkylation sites (tertiary alicyclic amines) is 1. The highest BCUT2D eigenvalue weighted by Gasteiger charge is 2.32. The van der Waals surface area contributed by atoms with Gasteiger partial charge in [0.2, 0.25) is 11.8 Å². The lowest BCUT2D eigenvalue weighted by atomic mass is 10.1. The molecule has 2 rings (SSSR count). The zero-order valence-corrected chi connectivity index (χ0v) is 8.55. The molecule has 1 aliphatic rings. The molecule has 5 heteroatoms. The van der Waals surface area contributed by atoms with Crippen LogP contribution in [0.15, 0.2) is 24.5 Å². The molecule has 2 heterocycles. The third-order valence-electron chi connectivity index (χ3n) is 2.41. The second-order valence-corrected chi connectivity index (χ2v) is 3.52. The first-order chi connectivity index (χ1) is 7.70. The summed E-state index contributed by atoms with van der Waals surface area (Å²) in [6.07, 6.45) is 3.93. The minimum atomic E-state index is -0.558. The van der Waals surface area contributed by atoms with E-state index >= 15 is 0 Å². The summed E-state index contributed by atoms with van der Waals surface area (Å²) < 4.78 is 0. The monoisotopic (exact) mass is 218 g/mol. The summed E-state index contributed by atoms with van der Waals surface area (Å²) >= 11 is 0. The predicted octanol–water partition coefficient (Wildman–Crippen LogP) is 0.761. The van der Waals surface area contributed by atoms with Gasteiger partial charge in [-0.1, -0.05) is 0 Å². The van der Waals surface area contributed by atoms with E-state index in [1.165, 1.54) is 24.5 Å². The molecule has 0 aliphatic carbocycles. The maximum absolute atomic E-state index is 11.9. The number of imide groups is 3. The number of hydrogen-bond acceptors (Lipinski definition) is 4. The summed E-state index contributed by atoms with van der Waals surface area (Å²) in [5.74, 6) is -1.40. The zero-order valence-electron chi connectivity index (χ0n) is 8.55. The minimum Gasteiger partial charge on any atom is -0.274 e. The first-order valence-corrected chi connectivity index (χ1v) is 5.00. The number of rotatable bonds is 1. The highest BCUT2D eigenvalue weighted by atomic mass is 16.2. The standard InChI is InChI=1S/C11H10N2O3/c14-9-2-1-3-10(15)13(9)11(16)8-4-6-12-7-5-8/h4-7H,1-3H2. The minimum absolute atomic E-state index is 0.253. The Hall–Kier alpha value is -2.04. The van der Waals surface area contributed by atoms with Crippen molar-refractivity contribution in [2.24, 2.45) is 0 Å². The van der Waals surface area contributed by atoms with Crippen LogP contribution in [-0.2, 0) is 9.59 Å². The van der Waals surface area contributed by atoms with Crippen LogP contribution in [0, 0.1) is 0 Å². The molecule has 0 bridgehead atoms. The number of hydrogen-bond donors (Lipinski definition) is 0. The van der Waals surface area contributed by atoms with Crippen LogP contribution in [0.25, 0.3) is 0 Å². The van der Waals surface area contributed by atoms with Crippen LogP contribution in [0.1, 0.15) is 29.6 Å². The summed E-state index contributed by atoms with van der Waals surface area (Å²) in [4.78, 5) is 39.4. The fourth-order valence-corrected chi connectivity index (χ4v) is 1.60. The lowest BCUT2D eigenvalue weighted by molar-refractivity contribution is -0.144. The number of piperidine rings is 1. The van der Waals surface area contributed by atoms with Gasteiger partial charge < -0.3 is 0 Å². The van der Waals surface area contributed by atoms with Gasteiger partial charge in [0, 0.05) is 30.8 Å². The second-order valence-electron chi connectivity index (χ2n) is 3.52. The summed E-state index contributed by atoms with van der Waals surface area (Å²) in [5.41, 5.74) is 0.304. The number of pyridine rings is 1. The van der Waals surface area contributed by atoms with Crippen molar-refractivity contribution in [2.75, 3.05) is 0 Å². The lowest BCUT2D eigenvalue weighted by Gasteiger charge is -2.22. The fourth-order valence-electron chi connectivity index (χ4n) is 1.60. The molecule has 5 nitrogen and oxygen atoms in total. The van der Waals surface area contributed by atoms with Crippen molar-refractivity contribution in [3.63, 3.8) is 0 Å². The van der Waals surface area contributed by atoms with Gasteiger partial charge in [0.25, 0.3) is 5.91 Å². The van der Waals surface area contributed by atoms with Gasteiger partial charge in [0.15, 0.2) is 0 Å². The molecule has 1 fully saturated rings. The Kier molecular flexibility index (Phi) is 2.76. The zero-order chi connectivity index (χ0) is 11.5. The van der Waals surface area contributed by atoms with Crippen molar-refractivity contribution in [3.05, 3.63) is 30.1 Å². The molecular weight excluding hydrogens is 208 g/mol. The van der Waals surface area contributed by atoms with Crippen LogP contribution >= 0.6 is 0 Å². The van der Waals surface area contributed by atoms with Crippen LogP contribution in [0.3, 0.4) is 0 Å².